The van der Waals surface area contributed by atoms with E-state index in [-0.39, 0.29) is 30.5 Å². The third kappa shape index (κ3) is 3.16. The van der Waals surface area contributed by atoms with Gasteiger partial charge in [0.1, 0.15) is 12.4 Å². The van der Waals surface area contributed by atoms with Crippen molar-refractivity contribution in [3.8, 4) is 0 Å². The molecule has 2 aliphatic heterocycles. The highest BCUT2D eigenvalue weighted by Gasteiger charge is 2.37. The zero-order valence-corrected chi connectivity index (χ0v) is 15.8. The summed E-state index contributed by atoms with van der Waals surface area (Å²) >= 11 is 0. The fourth-order valence-electron chi connectivity index (χ4n) is 3.37. The van der Waals surface area contributed by atoms with Crippen molar-refractivity contribution in [2.75, 3.05) is 32.5 Å². The lowest BCUT2D eigenvalue weighted by atomic mass is 9.78. The van der Waals surface area contributed by atoms with Gasteiger partial charge in [0.05, 0.1) is 31.8 Å². The summed E-state index contributed by atoms with van der Waals surface area (Å²) in [5.74, 6) is -1.33. The maximum absolute atomic E-state index is 12.4. The molecule has 0 atom stereocenters. The number of fused-ring (bicyclic) bond motifs is 1. The Morgan fingerprint density at radius 1 is 1.19 bits per heavy atom. The van der Waals surface area contributed by atoms with Gasteiger partial charge in [0.2, 0.25) is 5.91 Å². The average Bonchev–Trinajstić information content (AvgIpc) is 2.68. The molecule has 0 spiro atoms. The van der Waals surface area contributed by atoms with Gasteiger partial charge in [-0.15, -0.1) is 0 Å². The van der Waals surface area contributed by atoms with Crippen molar-refractivity contribution in [3.05, 3.63) is 40.6 Å². The van der Waals surface area contributed by atoms with Crippen molar-refractivity contribution in [1.29, 1.82) is 0 Å². The molecule has 144 valence electrons. The van der Waals surface area contributed by atoms with Crippen LogP contribution in [0.2, 0.25) is 0 Å². The van der Waals surface area contributed by atoms with Crippen LogP contribution < -0.4 is 10.2 Å². The second-order valence-electron chi connectivity index (χ2n) is 6.87. The van der Waals surface area contributed by atoms with E-state index < -0.39 is 17.4 Å². The van der Waals surface area contributed by atoms with E-state index in [4.69, 9.17) is 14.2 Å². The number of rotatable bonds is 3. The normalized spacial score (nSPS) is 18.5. The van der Waals surface area contributed by atoms with E-state index in [1.165, 1.54) is 14.2 Å². The number of carbonyl (C=O) groups excluding carboxylic acids is 3. The van der Waals surface area contributed by atoms with Crippen molar-refractivity contribution in [1.82, 2.24) is 5.32 Å². The minimum Gasteiger partial charge on any atom is -0.466 e. The largest absolute Gasteiger partial charge is 0.466 e. The topological polar surface area (TPSA) is 94.2 Å². The average molecular weight is 374 g/mol. The third-order valence-corrected chi connectivity index (χ3v) is 4.91. The standard InChI is InChI=1S/C19H22N2O6/c1-19(2)14-6-5-12(7-11(14)8-20-18(19)24)21-10-27-9-13(16(22)25-3)15(21)17(23)26-4/h5-7H,8-10H2,1-4H3,(H,20,24). The number of ether oxygens (including phenoxy) is 3. The number of nitrogens with one attached hydrogen (secondary N) is 1. The Labute approximate surface area is 157 Å². The van der Waals surface area contributed by atoms with Crippen molar-refractivity contribution in [3.63, 3.8) is 0 Å². The molecule has 1 N–H and O–H groups in total. The van der Waals surface area contributed by atoms with Gasteiger partial charge >= 0.3 is 11.9 Å². The second kappa shape index (κ2) is 7.03. The van der Waals surface area contributed by atoms with Gasteiger partial charge in [0.15, 0.2) is 0 Å². The number of benzene rings is 1. The van der Waals surface area contributed by atoms with E-state index in [1.54, 1.807) is 11.0 Å². The fraction of sp³-hybridized carbons (Fsp3) is 0.421. The first-order valence-electron chi connectivity index (χ1n) is 8.48. The Morgan fingerprint density at radius 3 is 2.56 bits per heavy atom. The van der Waals surface area contributed by atoms with Gasteiger partial charge in [0, 0.05) is 12.2 Å². The number of esters is 2. The quantitative estimate of drug-likeness (QED) is 0.789. The van der Waals surface area contributed by atoms with E-state index in [2.05, 4.69) is 5.32 Å². The van der Waals surface area contributed by atoms with Gasteiger partial charge in [-0.05, 0) is 37.1 Å². The first kappa shape index (κ1) is 18.9. The minimum absolute atomic E-state index is 0.0350. The predicted molar refractivity (Wildman–Crippen MR) is 95.7 cm³/mol. The Hall–Kier alpha value is -2.87. The molecule has 0 aliphatic carbocycles. The van der Waals surface area contributed by atoms with Gasteiger partial charge in [-0.1, -0.05) is 6.07 Å². The lowest BCUT2D eigenvalue weighted by Gasteiger charge is -2.35. The van der Waals surface area contributed by atoms with Crippen LogP contribution in [0.5, 0.6) is 0 Å². The summed E-state index contributed by atoms with van der Waals surface area (Å²) in [5.41, 5.74) is 2.05. The van der Waals surface area contributed by atoms with Crippen molar-refractivity contribution < 1.29 is 28.6 Å². The highest BCUT2D eigenvalue weighted by Crippen LogP contribution is 2.35. The molecule has 0 radical (unpaired) electrons. The smallest absolute Gasteiger partial charge is 0.355 e. The molecule has 2 heterocycles. The van der Waals surface area contributed by atoms with Crippen LogP contribution in [-0.4, -0.2) is 45.4 Å². The summed E-state index contributed by atoms with van der Waals surface area (Å²) in [4.78, 5) is 38.2. The summed E-state index contributed by atoms with van der Waals surface area (Å²) in [6.45, 7) is 4.15. The SMILES string of the molecule is COC(=O)C1=C(C(=O)OC)N(c2ccc3c(c2)CNC(=O)C3(C)C)COC1. The van der Waals surface area contributed by atoms with Crippen molar-refractivity contribution in [2.45, 2.75) is 25.8 Å². The first-order valence-corrected chi connectivity index (χ1v) is 8.48. The molecule has 8 heteroatoms. The van der Waals surface area contributed by atoms with E-state index in [0.29, 0.717) is 12.2 Å². The molecule has 0 fully saturated rings. The maximum Gasteiger partial charge on any atom is 0.355 e. The zero-order valence-electron chi connectivity index (χ0n) is 15.8. The van der Waals surface area contributed by atoms with Gasteiger partial charge in [-0.25, -0.2) is 9.59 Å². The molecular formula is C19H22N2O6. The molecular weight excluding hydrogens is 352 g/mol. The molecule has 1 aromatic carbocycles. The highest BCUT2D eigenvalue weighted by molar-refractivity contribution is 6.03. The molecule has 2 aliphatic rings. The number of hydrogen-bond acceptors (Lipinski definition) is 7. The Kier molecular flexibility index (Phi) is 4.93. The van der Waals surface area contributed by atoms with Crippen LogP contribution in [0.15, 0.2) is 29.5 Å². The molecule has 0 unspecified atom stereocenters. The monoisotopic (exact) mass is 374 g/mol. The Morgan fingerprint density at radius 2 is 1.89 bits per heavy atom. The lowest BCUT2D eigenvalue weighted by Crippen LogP contribution is -2.45. The van der Waals surface area contributed by atoms with Gasteiger partial charge < -0.3 is 24.4 Å². The van der Waals surface area contributed by atoms with Crippen molar-refractivity contribution in [2.24, 2.45) is 0 Å². The number of amides is 1. The number of methoxy groups -OCH3 is 2. The predicted octanol–water partition coefficient (Wildman–Crippen LogP) is 0.988. The number of carbonyl (C=O) groups is 3. The molecule has 8 nitrogen and oxygen atoms in total. The zero-order chi connectivity index (χ0) is 19.8. The molecule has 0 saturated heterocycles. The maximum atomic E-state index is 12.4. The molecule has 27 heavy (non-hydrogen) atoms. The van der Waals surface area contributed by atoms with Crippen LogP contribution in [0.25, 0.3) is 0 Å². The summed E-state index contributed by atoms with van der Waals surface area (Å²) in [6, 6.07) is 5.54. The number of hydrogen-bond donors (Lipinski definition) is 1. The Balaban J connectivity index is 2.08. The molecule has 1 aromatic rings. The molecule has 0 saturated carbocycles. The molecule has 3 rings (SSSR count). The summed E-state index contributed by atoms with van der Waals surface area (Å²) < 4.78 is 15.1. The lowest BCUT2D eigenvalue weighted by molar-refractivity contribution is -0.140. The number of anilines is 1. The highest BCUT2D eigenvalue weighted by atomic mass is 16.5. The number of nitrogens with zero attached hydrogens (tertiary/aromatic N) is 1. The van der Waals surface area contributed by atoms with Crippen LogP contribution in [0.1, 0.15) is 25.0 Å². The van der Waals surface area contributed by atoms with E-state index >= 15 is 0 Å². The molecule has 0 bridgehead atoms. The molecule has 1 amide bonds. The van der Waals surface area contributed by atoms with Crippen LogP contribution in [-0.2, 0) is 40.6 Å². The fourth-order valence-corrected chi connectivity index (χ4v) is 3.37. The van der Waals surface area contributed by atoms with Gasteiger partial charge in [-0.3, -0.25) is 4.79 Å². The summed E-state index contributed by atoms with van der Waals surface area (Å²) in [6.07, 6.45) is 0. The van der Waals surface area contributed by atoms with Crippen LogP contribution in [0, 0.1) is 0 Å². The van der Waals surface area contributed by atoms with Crippen LogP contribution in [0.3, 0.4) is 0 Å². The van der Waals surface area contributed by atoms with E-state index in [1.807, 2.05) is 26.0 Å². The second-order valence-corrected chi connectivity index (χ2v) is 6.87. The van der Waals surface area contributed by atoms with E-state index in [9.17, 15) is 14.4 Å². The minimum atomic E-state index is -0.650. The molecule has 0 aromatic heterocycles. The third-order valence-electron chi connectivity index (χ3n) is 4.91. The summed E-state index contributed by atoms with van der Waals surface area (Å²) in [7, 11) is 2.50. The van der Waals surface area contributed by atoms with Crippen molar-refractivity contribution >= 4 is 23.5 Å². The first-order chi connectivity index (χ1) is 12.8. The van der Waals surface area contributed by atoms with Gasteiger partial charge in [-0.2, -0.15) is 0 Å². The van der Waals surface area contributed by atoms with Crippen LogP contribution >= 0.6 is 0 Å². The van der Waals surface area contributed by atoms with Crippen LogP contribution in [0.4, 0.5) is 5.69 Å². The van der Waals surface area contributed by atoms with Gasteiger partial charge in [0.25, 0.3) is 0 Å². The summed E-state index contributed by atoms with van der Waals surface area (Å²) in [5, 5.41) is 2.87. The Bertz CT molecular complexity index is 843. The van der Waals surface area contributed by atoms with E-state index in [0.717, 1.165) is 11.1 Å².